The van der Waals surface area contributed by atoms with Crippen LogP contribution in [0, 0.1) is 0 Å². The Labute approximate surface area is 130 Å². The molecule has 2 heterocycles. The van der Waals surface area contributed by atoms with Gasteiger partial charge in [0.25, 0.3) is 0 Å². The van der Waals surface area contributed by atoms with Gasteiger partial charge in [-0.25, -0.2) is 4.98 Å². The van der Waals surface area contributed by atoms with Crippen molar-refractivity contribution in [3.63, 3.8) is 0 Å². The third-order valence-corrected chi connectivity index (χ3v) is 4.35. The average Bonchev–Trinajstić information content (AvgIpc) is 2.84. The molecule has 0 N–H and O–H groups in total. The van der Waals surface area contributed by atoms with Crippen LogP contribution in [0.15, 0.2) is 30.3 Å². The van der Waals surface area contributed by atoms with E-state index in [2.05, 4.69) is 16.9 Å². The summed E-state index contributed by atoms with van der Waals surface area (Å²) in [6.07, 6.45) is 0.943. The van der Waals surface area contributed by atoms with Gasteiger partial charge in [0, 0.05) is 9.90 Å². The van der Waals surface area contributed by atoms with Gasteiger partial charge in [-0.15, -0.1) is 11.3 Å². The van der Waals surface area contributed by atoms with Crippen molar-refractivity contribution in [3.8, 4) is 11.6 Å². The van der Waals surface area contributed by atoms with E-state index in [1.807, 2.05) is 6.07 Å². The van der Waals surface area contributed by atoms with Crippen LogP contribution in [-0.2, 0) is 6.42 Å². The second-order valence-corrected chi connectivity index (χ2v) is 6.03. The number of fused-ring (bicyclic) bond motifs is 1. The van der Waals surface area contributed by atoms with Crippen molar-refractivity contribution >= 4 is 44.8 Å². The van der Waals surface area contributed by atoms with E-state index in [1.54, 1.807) is 35.6 Å². The summed E-state index contributed by atoms with van der Waals surface area (Å²) in [4.78, 5) is 10.5. The maximum absolute atomic E-state index is 5.95. The first-order valence-corrected chi connectivity index (χ1v) is 7.62. The zero-order valence-electron chi connectivity index (χ0n) is 10.6. The average molecular weight is 325 g/mol. The van der Waals surface area contributed by atoms with Crippen molar-refractivity contribution in [1.29, 1.82) is 0 Å². The van der Waals surface area contributed by atoms with Crippen molar-refractivity contribution in [3.05, 3.63) is 45.5 Å². The summed E-state index contributed by atoms with van der Waals surface area (Å²) in [5.41, 5.74) is 0. The van der Waals surface area contributed by atoms with E-state index in [1.165, 1.54) is 4.88 Å². The molecule has 0 fully saturated rings. The first-order chi connectivity index (χ1) is 9.65. The zero-order chi connectivity index (χ0) is 14.1. The number of ether oxygens (including phenoxy) is 1. The van der Waals surface area contributed by atoms with Crippen molar-refractivity contribution < 1.29 is 4.74 Å². The highest BCUT2D eigenvalue weighted by Crippen LogP contribution is 2.34. The summed E-state index contributed by atoms with van der Waals surface area (Å²) in [6, 6.07) is 9.15. The van der Waals surface area contributed by atoms with Crippen LogP contribution in [0.5, 0.6) is 11.6 Å². The minimum absolute atomic E-state index is 0.186. The van der Waals surface area contributed by atoms with E-state index in [4.69, 9.17) is 27.9 Å². The van der Waals surface area contributed by atoms with Crippen LogP contribution in [-0.4, -0.2) is 9.97 Å². The van der Waals surface area contributed by atoms with Gasteiger partial charge in [-0.1, -0.05) is 18.5 Å². The summed E-state index contributed by atoms with van der Waals surface area (Å²) in [5.74, 6) is 1.13. The van der Waals surface area contributed by atoms with E-state index in [-0.39, 0.29) is 5.28 Å². The molecule has 0 spiro atoms. The highest BCUT2D eigenvalue weighted by molar-refractivity contribution is 7.18. The van der Waals surface area contributed by atoms with Gasteiger partial charge in [-0.2, -0.15) is 4.98 Å². The number of aromatic nitrogens is 2. The summed E-state index contributed by atoms with van der Waals surface area (Å²) >= 11 is 13.4. The number of benzene rings is 1. The highest BCUT2D eigenvalue weighted by atomic mass is 35.5. The second kappa shape index (κ2) is 5.56. The van der Waals surface area contributed by atoms with Crippen molar-refractivity contribution in [2.45, 2.75) is 13.3 Å². The number of aryl methyl sites for hydroxylation is 1. The molecule has 0 aliphatic carbocycles. The molecule has 3 aromatic rings. The molecule has 0 saturated carbocycles. The maximum atomic E-state index is 5.95. The SMILES string of the molecule is CCc1cc2c(Oc3ccc(Cl)cc3)nc(Cl)nc2s1. The van der Waals surface area contributed by atoms with Crippen LogP contribution in [0.3, 0.4) is 0 Å². The summed E-state index contributed by atoms with van der Waals surface area (Å²) in [6.45, 7) is 2.10. The molecular formula is C14H10Cl2N2OS. The molecule has 0 aliphatic rings. The summed E-state index contributed by atoms with van der Waals surface area (Å²) in [5, 5.41) is 1.73. The Bertz CT molecular complexity index is 756. The Balaban J connectivity index is 2.05. The van der Waals surface area contributed by atoms with Crippen molar-refractivity contribution in [2.75, 3.05) is 0 Å². The molecule has 102 valence electrons. The van der Waals surface area contributed by atoms with Gasteiger partial charge in [-0.3, -0.25) is 0 Å². The molecule has 6 heteroatoms. The van der Waals surface area contributed by atoms with Crippen LogP contribution >= 0.6 is 34.5 Å². The van der Waals surface area contributed by atoms with Crippen molar-refractivity contribution in [1.82, 2.24) is 9.97 Å². The number of hydrogen-bond donors (Lipinski definition) is 0. The Hall–Kier alpha value is -1.36. The van der Waals surface area contributed by atoms with Crippen LogP contribution in [0.2, 0.25) is 10.3 Å². The lowest BCUT2D eigenvalue weighted by molar-refractivity contribution is 0.468. The van der Waals surface area contributed by atoms with Crippen LogP contribution < -0.4 is 4.74 Å². The third kappa shape index (κ3) is 2.73. The fraction of sp³-hybridized carbons (Fsp3) is 0.143. The topological polar surface area (TPSA) is 35.0 Å². The molecule has 20 heavy (non-hydrogen) atoms. The molecule has 3 rings (SSSR count). The van der Waals surface area contributed by atoms with Crippen LogP contribution in [0.25, 0.3) is 10.2 Å². The molecular weight excluding hydrogens is 315 g/mol. The Morgan fingerprint density at radius 2 is 1.90 bits per heavy atom. The molecule has 0 aliphatic heterocycles. The first-order valence-electron chi connectivity index (χ1n) is 6.05. The number of hydrogen-bond acceptors (Lipinski definition) is 4. The minimum Gasteiger partial charge on any atom is -0.438 e. The fourth-order valence-corrected chi connectivity index (χ4v) is 3.08. The van der Waals surface area contributed by atoms with Gasteiger partial charge in [-0.05, 0) is 48.4 Å². The van der Waals surface area contributed by atoms with Gasteiger partial charge in [0.2, 0.25) is 11.2 Å². The van der Waals surface area contributed by atoms with E-state index >= 15 is 0 Å². The molecule has 0 bridgehead atoms. The second-order valence-electron chi connectivity index (χ2n) is 4.14. The number of nitrogens with zero attached hydrogens (tertiary/aromatic N) is 2. The first kappa shape index (κ1) is 13.6. The minimum atomic E-state index is 0.186. The molecule has 3 nitrogen and oxygen atoms in total. The van der Waals surface area contributed by atoms with Crippen LogP contribution in [0.1, 0.15) is 11.8 Å². The van der Waals surface area contributed by atoms with E-state index in [0.717, 1.165) is 16.6 Å². The molecule has 0 radical (unpaired) electrons. The Morgan fingerprint density at radius 3 is 2.60 bits per heavy atom. The molecule has 2 aromatic heterocycles. The number of thiophene rings is 1. The lowest BCUT2D eigenvalue weighted by Crippen LogP contribution is -1.90. The van der Waals surface area contributed by atoms with Gasteiger partial charge >= 0.3 is 0 Å². The third-order valence-electron chi connectivity index (χ3n) is 2.76. The van der Waals surface area contributed by atoms with E-state index in [0.29, 0.717) is 16.7 Å². The Kier molecular flexibility index (Phi) is 3.78. The quantitative estimate of drug-likeness (QED) is 0.609. The van der Waals surface area contributed by atoms with Gasteiger partial charge in [0.05, 0.1) is 5.39 Å². The molecule has 0 amide bonds. The van der Waals surface area contributed by atoms with Gasteiger partial charge in [0.15, 0.2) is 0 Å². The smallest absolute Gasteiger partial charge is 0.232 e. The largest absolute Gasteiger partial charge is 0.438 e. The summed E-state index contributed by atoms with van der Waals surface area (Å²) < 4.78 is 5.80. The standard InChI is InChI=1S/C14H10Cl2N2OS/c1-2-10-7-11-12(17-14(16)18-13(11)20-10)19-9-5-3-8(15)4-6-9/h3-7H,2H2,1H3. The van der Waals surface area contributed by atoms with Gasteiger partial charge in [0.1, 0.15) is 10.6 Å². The van der Waals surface area contributed by atoms with E-state index in [9.17, 15) is 0 Å². The highest BCUT2D eigenvalue weighted by Gasteiger charge is 2.12. The predicted molar refractivity (Wildman–Crippen MR) is 83.3 cm³/mol. The zero-order valence-corrected chi connectivity index (χ0v) is 12.9. The molecule has 0 saturated heterocycles. The predicted octanol–water partition coefficient (Wildman–Crippen LogP) is 5.35. The lowest BCUT2D eigenvalue weighted by Gasteiger charge is -2.05. The number of halogens is 2. The van der Waals surface area contributed by atoms with E-state index < -0.39 is 0 Å². The molecule has 0 unspecified atom stereocenters. The summed E-state index contributed by atoms with van der Waals surface area (Å²) in [7, 11) is 0. The molecule has 1 aromatic carbocycles. The Morgan fingerprint density at radius 1 is 1.15 bits per heavy atom. The van der Waals surface area contributed by atoms with Crippen molar-refractivity contribution in [2.24, 2.45) is 0 Å². The lowest BCUT2D eigenvalue weighted by atomic mass is 10.3. The monoisotopic (exact) mass is 324 g/mol. The maximum Gasteiger partial charge on any atom is 0.232 e. The number of rotatable bonds is 3. The van der Waals surface area contributed by atoms with Crippen LogP contribution in [0.4, 0.5) is 0 Å². The molecule has 0 atom stereocenters. The van der Waals surface area contributed by atoms with Gasteiger partial charge < -0.3 is 4.74 Å². The normalized spacial score (nSPS) is 10.9. The fourth-order valence-electron chi connectivity index (χ4n) is 1.79.